The van der Waals surface area contributed by atoms with Crippen molar-refractivity contribution in [2.75, 3.05) is 20.9 Å². The van der Waals surface area contributed by atoms with Gasteiger partial charge in [0.15, 0.2) is 6.79 Å². The Bertz CT molecular complexity index is 405. The predicted octanol–water partition coefficient (Wildman–Crippen LogP) is -1.34. The average Bonchev–Trinajstić information content (AvgIpc) is 2.14. The molecule has 0 amide bonds. The van der Waals surface area contributed by atoms with Gasteiger partial charge in [0.1, 0.15) is 12.3 Å². The molecule has 0 saturated heterocycles. The minimum absolute atomic E-state index is 0. The first kappa shape index (κ1) is 14.5. The van der Waals surface area contributed by atoms with Gasteiger partial charge in [-0.05, 0) is 12.1 Å². The van der Waals surface area contributed by atoms with Crippen LogP contribution in [0.4, 0.5) is 0 Å². The maximum atomic E-state index is 6.05. The van der Waals surface area contributed by atoms with Gasteiger partial charge >= 0.3 is 0 Å². The molecule has 1 aromatic rings. The molecule has 4 nitrogen and oxygen atoms in total. The van der Waals surface area contributed by atoms with Crippen LogP contribution < -0.4 is 23.0 Å². The van der Waals surface area contributed by atoms with Crippen LogP contribution in [0.5, 0.6) is 5.75 Å². The molecule has 1 aliphatic rings. The van der Waals surface area contributed by atoms with Crippen molar-refractivity contribution in [2.45, 2.75) is 13.2 Å². The smallest absolute Gasteiger partial charge is 0.189 e. The molecule has 96 valence electrons. The third-order valence-electron chi connectivity index (χ3n) is 2.33. The molecular formula is C11H16Cl2N2O2. The number of fused-ring (bicyclic) bond motifs is 1. The summed E-state index contributed by atoms with van der Waals surface area (Å²) in [5.41, 5.74) is 2.01. The molecule has 2 N–H and O–H groups in total. The summed E-state index contributed by atoms with van der Waals surface area (Å²) < 4.78 is 11.1. The molecule has 1 aromatic carbocycles. The molecule has 1 aliphatic heterocycles. The van der Waals surface area contributed by atoms with E-state index in [1.54, 1.807) is 0 Å². The Morgan fingerprint density at radius 1 is 1.41 bits per heavy atom. The Balaban J connectivity index is 0.00000144. The molecule has 0 radical (unpaired) electrons. The summed E-state index contributed by atoms with van der Waals surface area (Å²) in [6, 6.07) is 3.77. The van der Waals surface area contributed by atoms with E-state index >= 15 is 0 Å². The molecule has 0 aliphatic carbocycles. The summed E-state index contributed by atoms with van der Waals surface area (Å²) in [6.07, 6.45) is 0. The van der Waals surface area contributed by atoms with Gasteiger partial charge in [-0.3, -0.25) is 0 Å². The van der Waals surface area contributed by atoms with Gasteiger partial charge in [0.2, 0.25) is 0 Å². The van der Waals surface area contributed by atoms with Gasteiger partial charge in [0.25, 0.3) is 0 Å². The third kappa shape index (κ3) is 3.72. The zero-order valence-electron chi connectivity index (χ0n) is 9.87. The van der Waals surface area contributed by atoms with Crippen molar-refractivity contribution in [2.24, 2.45) is 5.84 Å². The number of nitrogens with two attached hydrogens (primary N) is 1. The lowest BCUT2D eigenvalue weighted by Crippen LogP contribution is -3.00. The van der Waals surface area contributed by atoms with Crippen molar-refractivity contribution >= 4 is 11.6 Å². The van der Waals surface area contributed by atoms with Crippen molar-refractivity contribution in [1.29, 1.82) is 0 Å². The number of benzene rings is 1. The van der Waals surface area contributed by atoms with Crippen molar-refractivity contribution in [1.82, 2.24) is 0 Å². The number of hydrogen-bond donors (Lipinski definition) is 1. The second-order valence-corrected chi connectivity index (χ2v) is 5.04. The number of nitrogens with zero attached hydrogens (tertiary/aromatic N) is 1. The minimum Gasteiger partial charge on any atom is -1.00 e. The average molecular weight is 279 g/mol. The number of rotatable bonds is 2. The normalized spacial score (nSPS) is 14.6. The van der Waals surface area contributed by atoms with E-state index in [1.165, 1.54) is 0 Å². The summed E-state index contributed by atoms with van der Waals surface area (Å²) in [6.45, 7) is 1.50. The summed E-state index contributed by atoms with van der Waals surface area (Å²) in [7, 11) is 3.85. The Labute approximate surface area is 112 Å². The first-order valence-electron chi connectivity index (χ1n) is 5.09. The molecule has 0 spiro atoms. The molecule has 1 heterocycles. The van der Waals surface area contributed by atoms with Crippen LogP contribution >= 0.6 is 11.6 Å². The van der Waals surface area contributed by atoms with E-state index in [2.05, 4.69) is 0 Å². The SMILES string of the molecule is C[N+](C)(N)Cc1cc(Cl)cc2c1OCOC2.[Cl-]. The molecule has 0 unspecified atom stereocenters. The van der Waals surface area contributed by atoms with Crippen molar-refractivity contribution in [3.05, 3.63) is 28.3 Å². The van der Waals surface area contributed by atoms with E-state index in [1.807, 2.05) is 26.2 Å². The van der Waals surface area contributed by atoms with Gasteiger partial charge in [-0.2, -0.15) is 5.84 Å². The highest BCUT2D eigenvalue weighted by molar-refractivity contribution is 6.30. The fourth-order valence-corrected chi connectivity index (χ4v) is 2.08. The number of hydrogen-bond acceptors (Lipinski definition) is 3. The van der Waals surface area contributed by atoms with Gasteiger partial charge in [-0.15, -0.1) is 0 Å². The van der Waals surface area contributed by atoms with E-state index in [-0.39, 0.29) is 12.4 Å². The van der Waals surface area contributed by atoms with Crippen LogP contribution in [-0.2, 0) is 17.9 Å². The van der Waals surface area contributed by atoms with Crippen molar-refractivity contribution in [3.63, 3.8) is 0 Å². The van der Waals surface area contributed by atoms with Crippen LogP contribution in [0.25, 0.3) is 0 Å². The molecule has 17 heavy (non-hydrogen) atoms. The standard InChI is InChI=1S/C11H16ClN2O2.ClH/c1-14(2,13)5-8-3-10(12)4-9-6-15-7-16-11(8)9;/h3-4H,5-7,13H2,1-2H3;1H/q+1;/p-1. The van der Waals surface area contributed by atoms with Gasteiger partial charge in [0.05, 0.1) is 26.3 Å². The van der Waals surface area contributed by atoms with E-state index < -0.39 is 0 Å². The highest BCUT2D eigenvalue weighted by Gasteiger charge is 2.21. The van der Waals surface area contributed by atoms with Crippen LogP contribution in [0.15, 0.2) is 12.1 Å². The van der Waals surface area contributed by atoms with E-state index in [4.69, 9.17) is 26.9 Å². The summed E-state index contributed by atoms with van der Waals surface area (Å²) in [4.78, 5) is 0. The number of quaternary nitrogens is 1. The lowest BCUT2D eigenvalue weighted by molar-refractivity contribution is -0.915. The van der Waals surface area contributed by atoms with Crippen molar-refractivity contribution < 1.29 is 26.5 Å². The molecule has 2 rings (SSSR count). The Morgan fingerprint density at radius 3 is 2.76 bits per heavy atom. The van der Waals surface area contributed by atoms with Gasteiger partial charge in [-0.1, -0.05) is 11.6 Å². The fraction of sp³-hybridized carbons (Fsp3) is 0.455. The Kier molecular flexibility index (Phi) is 4.63. The molecule has 0 atom stereocenters. The molecule has 0 bridgehead atoms. The van der Waals surface area contributed by atoms with E-state index in [9.17, 15) is 0 Å². The maximum Gasteiger partial charge on any atom is 0.189 e. The quantitative estimate of drug-likeness (QED) is 0.414. The van der Waals surface area contributed by atoms with Gasteiger partial charge in [0, 0.05) is 10.6 Å². The lowest BCUT2D eigenvalue weighted by atomic mass is 10.1. The van der Waals surface area contributed by atoms with Crippen LogP contribution in [-0.4, -0.2) is 25.5 Å². The van der Waals surface area contributed by atoms with Crippen LogP contribution in [0.2, 0.25) is 5.02 Å². The highest BCUT2D eigenvalue weighted by atomic mass is 35.5. The molecule has 6 heteroatoms. The molecule has 0 aromatic heterocycles. The second-order valence-electron chi connectivity index (χ2n) is 4.60. The summed E-state index contributed by atoms with van der Waals surface area (Å²) in [5.74, 6) is 6.83. The molecule has 0 saturated carbocycles. The largest absolute Gasteiger partial charge is 1.00 e. The number of ether oxygens (including phenoxy) is 2. The van der Waals surface area contributed by atoms with E-state index in [0.29, 0.717) is 29.6 Å². The topological polar surface area (TPSA) is 44.5 Å². The van der Waals surface area contributed by atoms with Gasteiger partial charge < -0.3 is 21.9 Å². The maximum absolute atomic E-state index is 6.05. The summed E-state index contributed by atoms with van der Waals surface area (Å²) in [5, 5.41) is 0.691. The van der Waals surface area contributed by atoms with Gasteiger partial charge in [-0.25, -0.2) is 4.59 Å². The number of halogens is 2. The molecular weight excluding hydrogens is 263 g/mol. The first-order valence-corrected chi connectivity index (χ1v) is 5.47. The zero-order chi connectivity index (χ0) is 11.8. The Hall–Kier alpha value is -0.520. The predicted molar refractivity (Wildman–Crippen MR) is 61.7 cm³/mol. The second kappa shape index (κ2) is 5.42. The van der Waals surface area contributed by atoms with Crippen LogP contribution in [0.1, 0.15) is 11.1 Å². The molecule has 0 fully saturated rings. The monoisotopic (exact) mass is 278 g/mol. The third-order valence-corrected chi connectivity index (χ3v) is 2.55. The van der Waals surface area contributed by atoms with Crippen LogP contribution in [0.3, 0.4) is 0 Å². The zero-order valence-corrected chi connectivity index (χ0v) is 11.4. The van der Waals surface area contributed by atoms with E-state index in [0.717, 1.165) is 16.9 Å². The summed E-state index contributed by atoms with van der Waals surface area (Å²) >= 11 is 6.05. The van der Waals surface area contributed by atoms with Crippen molar-refractivity contribution in [3.8, 4) is 5.75 Å². The Morgan fingerprint density at radius 2 is 2.12 bits per heavy atom. The highest BCUT2D eigenvalue weighted by Crippen LogP contribution is 2.32. The van der Waals surface area contributed by atoms with Crippen LogP contribution in [0, 0.1) is 0 Å². The minimum atomic E-state index is 0. The fourth-order valence-electron chi connectivity index (χ4n) is 1.81. The first-order chi connectivity index (χ1) is 7.46. The lowest BCUT2D eigenvalue weighted by Gasteiger charge is -2.26.